The Kier molecular flexibility index (Phi) is 6.53. The largest absolute Gasteiger partial charge is 0.463 e. The van der Waals surface area contributed by atoms with Crippen LogP contribution in [0.3, 0.4) is 0 Å². The Bertz CT molecular complexity index is 1400. The maximum Gasteiger partial charge on any atom is 0.338 e. The van der Waals surface area contributed by atoms with Gasteiger partial charge >= 0.3 is 5.97 Å². The van der Waals surface area contributed by atoms with Crippen LogP contribution in [0.4, 0.5) is 0 Å². The van der Waals surface area contributed by atoms with Gasteiger partial charge in [-0.25, -0.2) is 9.79 Å². The van der Waals surface area contributed by atoms with Crippen LogP contribution < -0.4 is 14.9 Å². The highest BCUT2D eigenvalue weighted by atomic mass is 35.5. The van der Waals surface area contributed by atoms with Gasteiger partial charge in [-0.2, -0.15) is 0 Å². The Hall–Kier alpha value is -3.22. The van der Waals surface area contributed by atoms with E-state index in [0.717, 1.165) is 5.56 Å². The van der Waals surface area contributed by atoms with Gasteiger partial charge in [0.05, 0.1) is 22.4 Å². The molecule has 0 saturated heterocycles. The molecule has 2 heterocycles. The molecule has 0 aliphatic carbocycles. The maximum atomic E-state index is 13.4. The van der Waals surface area contributed by atoms with Crippen LogP contribution in [-0.2, 0) is 9.53 Å². The first-order valence-corrected chi connectivity index (χ1v) is 11.4. The van der Waals surface area contributed by atoms with Crippen LogP contribution in [0.1, 0.15) is 31.0 Å². The van der Waals surface area contributed by atoms with Crippen molar-refractivity contribution in [3.8, 4) is 0 Å². The van der Waals surface area contributed by atoms with Crippen molar-refractivity contribution in [1.29, 1.82) is 0 Å². The van der Waals surface area contributed by atoms with Gasteiger partial charge in [0, 0.05) is 5.02 Å². The molecule has 3 aromatic rings. The number of carbonyl (C=O) groups excluding carboxylic acids is 1. The molecule has 0 spiro atoms. The summed E-state index contributed by atoms with van der Waals surface area (Å²) >= 11 is 7.77. The van der Waals surface area contributed by atoms with Crippen LogP contribution in [0.15, 0.2) is 81.7 Å². The molecule has 1 atom stereocenters. The summed E-state index contributed by atoms with van der Waals surface area (Å²) in [5, 5.41) is 0.465. The predicted molar refractivity (Wildman–Crippen MR) is 128 cm³/mol. The quantitative estimate of drug-likeness (QED) is 0.534. The fourth-order valence-electron chi connectivity index (χ4n) is 3.61. The third-order valence-electron chi connectivity index (χ3n) is 5.05. The molecule has 1 aliphatic rings. The average molecular weight is 465 g/mol. The van der Waals surface area contributed by atoms with E-state index in [2.05, 4.69) is 4.99 Å². The Labute approximate surface area is 194 Å². The minimum Gasteiger partial charge on any atom is -0.463 e. The molecule has 162 valence electrons. The van der Waals surface area contributed by atoms with Gasteiger partial charge in [-0.15, -0.1) is 0 Å². The van der Waals surface area contributed by atoms with E-state index in [-0.39, 0.29) is 12.2 Å². The highest BCUT2D eigenvalue weighted by molar-refractivity contribution is 7.07. The molecule has 4 rings (SSSR count). The van der Waals surface area contributed by atoms with Crippen molar-refractivity contribution in [1.82, 2.24) is 4.57 Å². The Morgan fingerprint density at radius 1 is 1.19 bits per heavy atom. The highest BCUT2D eigenvalue weighted by Gasteiger charge is 2.34. The fourth-order valence-corrected chi connectivity index (χ4v) is 4.84. The number of allylic oxidation sites excluding steroid dienone is 2. The molecule has 32 heavy (non-hydrogen) atoms. The van der Waals surface area contributed by atoms with Crippen molar-refractivity contribution in [3.63, 3.8) is 0 Å². The SMILES string of the molecule is CCOC(=O)C1=C(C)N=c2sc(=C/C=C/c3ccccc3)c(=O)n2[C@@H]1c1ccccc1Cl. The fraction of sp³-hybridized carbons (Fsp3) is 0.160. The molecule has 0 bridgehead atoms. The molecule has 1 aliphatic heterocycles. The number of nitrogens with zero attached hydrogens (tertiary/aromatic N) is 2. The number of halogens is 1. The van der Waals surface area contributed by atoms with Gasteiger partial charge in [0.25, 0.3) is 5.56 Å². The third-order valence-corrected chi connectivity index (χ3v) is 6.40. The Morgan fingerprint density at radius 3 is 2.62 bits per heavy atom. The number of hydrogen-bond donors (Lipinski definition) is 0. The maximum absolute atomic E-state index is 13.4. The van der Waals surface area contributed by atoms with Crippen molar-refractivity contribution < 1.29 is 9.53 Å². The number of esters is 1. The summed E-state index contributed by atoms with van der Waals surface area (Å²) in [6.07, 6.45) is 5.54. The zero-order valence-corrected chi connectivity index (χ0v) is 19.2. The van der Waals surface area contributed by atoms with E-state index in [1.165, 1.54) is 15.9 Å². The number of benzene rings is 2. The molecular weight excluding hydrogens is 444 g/mol. The summed E-state index contributed by atoms with van der Waals surface area (Å²) in [5.74, 6) is -0.503. The van der Waals surface area contributed by atoms with Crippen LogP contribution >= 0.6 is 22.9 Å². The average Bonchev–Trinajstić information content (AvgIpc) is 3.09. The molecular formula is C25H21ClN2O3S. The standard InChI is InChI=1S/C25H21ClN2O3S/c1-3-31-24(30)21-16(2)27-25-28(22(21)18-13-7-8-14-19(18)26)23(29)20(32-25)15-9-12-17-10-5-4-6-11-17/h4-15,22H,3H2,1-2H3/b12-9+,20-15?/t22-/m1/s1. The number of rotatable bonds is 5. The number of thiazole rings is 1. The summed E-state index contributed by atoms with van der Waals surface area (Å²) in [7, 11) is 0. The van der Waals surface area contributed by atoms with Crippen LogP contribution in [0.2, 0.25) is 5.02 Å². The van der Waals surface area contributed by atoms with Gasteiger partial charge in [-0.1, -0.05) is 83.6 Å². The third kappa shape index (κ3) is 4.24. The first kappa shape index (κ1) is 22.0. The van der Waals surface area contributed by atoms with E-state index in [4.69, 9.17) is 16.3 Å². The monoisotopic (exact) mass is 464 g/mol. The zero-order valence-electron chi connectivity index (χ0n) is 17.6. The van der Waals surface area contributed by atoms with Crippen LogP contribution in [0.25, 0.3) is 12.2 Å². The molecule has 0 amide bonds. The molecule has 0 radical (unpaired) electrons. The molecule has 0 unspecified atom stereocenters. The van der Waals surface area contributed by atoms with Crippen molar-refractivity contribution in [2.45, 2.75) is 19.9 Å². The Morgan fingerprint density at radius 2 is 1.91 bits per heavy atom. The first-order chi connectivity index (χ1) is 15.5. The lowest BCUT2D eigenvalue weighted by Gasteiger charge is -2.25. The van der Waals surface area contributed by atoms with E-state index in [1.807, 2.05) is 60.7 Å². The van der Waals surface area contributed by atoms with Crippen molar-refractivity contribution in [2.24, 2.45) is 4.99 Å². The topological polar surface area (TPSA) is 60.7 Å². The lowest BCUT2D eigenvalue weighted by atomic mass is 9.96. The minimum absolute atomic E-state index is 0.222. The summed E-state index contributed by atoms with van der Waals surface area (Å²) in [6, 6.07) is 16.3. The summed E-state index contributed by atoms with van der Waals surface area (Å²) in [6.45, 7) is 3.72. The first-order valence-electron chi connectivity index (χ1n) is 10.2. The molecule has 0 saturated carbocycles. The van der Waals surface area contributed by atoms with E-state index in [0.29, 0.717) is 31.2 Å². The lowest BCUT2D eigenvalue weighted by Crippen LogP contribution is -2.40. The second-order valence-electron chi connectivity index (χ2n) is 7.12. The van der Waals surface area contributed by atoms with Gasteiger partial charge in [0.1, 0.15) is 6.04 Å². The molecule has 2 aromatic carbocycles. The van der Waals surface area contributed by atoms with E-state index in [1.54, 1.807) is 26.0 Å². The van der Waals surface area contributed by atoms with E-state index in [9.17, 15) is 9.59 Å². The van der Waals surface area contributed by atoms with Crippen LogP contribution in [0, 0.1) is 0 Å². The second kappa shape index (κ2) is 9.51. The molecule has 7 heteroatoms. The van der Waals surface area contributed by atoms with Gasteiger partial charge < -0.3 is 4.74 Å². The van der Waals surface area contributed by atoms with Crippen LogP contribution in [0.5, 0.6) is 0 Å². The predicted octanol–water partition coefficient (Wildman–Crippen LogP) is 4.12. The summed E-state index contributed by atoms with van der Waals surface area (Å²) in [4.78, 5) is 31.3. The van der Waals surface area contributed by atoms with E-state index < -0.39 is 12.0 Å². The molecule has 5 nitrogen and oxygen atoms in total. The summed E-state index contributed by atoms with van der Waals surface area (Å²) in [5.41, 5.74) is 2.29. The Balaban J connectivity index is 1.88. The van der Waals surface area contributed by atoms with Crippen molar-refractivity contribution in [3.05, 3.63) is 108 Å². The zero-order chi connectivity index (χ0) is 22.7. The van der Waals surface area contributed by atoms with Gasteiger partial charge in [-0.05, 0) is 37.1 Å². The summed E-state index contributed by atoms with van der Waals surface area (Å²) < 4.78 is 7.34. The molecule has 0 fully saturated rings. The number of ether oxygens (including phenoxy) is 1. The normalized spacial score (nSPS) is 16.2. The number of carbonyl (C=O) groups is 1. The van der Waals surface area contributed by atoms with Gasteiger partial charge in [0.15, 0.2) is 4.80 Å². The second-order valence-corrected chi connectivity index (χ2v) is 8.53. The van der Waals surface area contributed by atoms with Crippen molar-refractivity contribution in [2.75, 3.05) is 6.61 Å². The van der Waals surface area contributed by atoms with E-state index >= 15 is 0 Å². The lowest BCUT2D eigenvalue weighted by molar-refractivity contribution is -0.139. The van der Waals surface area contributed by atoms with Gasteiger partial charge in [0.2, 0.25) is 0 Å². The number of fused-ring (bicyclic) bond motifs is 1. The number of aromatic nitrogens is 1. The minimum atomic E-state index is -0.709. The van der Waals surface area contributed by atoms with Crippen molar-refractivity contribution >= 4 is 41.1 Å². The smallest absolute Gasteiger partial charge is 0.338 e. The molecule has 0 N–H and O–H groups in total. The highest BCUT2D eigenvalue weighted by Crippen LogP contribution is 2.34. The number of hydrogen-bond acceptors (Lipinski definition) is 5. The van der Waals surface area contributed by atoms with Gasteiger partial charge in [-0.3, -0.25) is 9.36 Å². The van der Waals surface area contributed by atoms with Crippen LogP contribution in [-0.4, -0.2) is 17.1 Å². The molecule has 1 aromatic heterocycles.